The van der Waals surface area contributed by atoms with Gasteiger partial charge >= 0.3 is 6.09 Å². The van der Waals surface area contributed by atoms with Crippen LogP contribution >= 0.6 is 0 Å². The van der Waals surface area contributed by atoms with Crippen molar-refractivity contribution < 1.29 is 23.9 Å². The van der Waals surface area contributed by atoms with Crippen LogP contribution in [0.25, 0.3) is 0 Å². The van der Waals surface area contributed by atoms with Crippen LogP contribution in [0.15, 0.2) is 18.2 Å². The van der Waals surface area contributed by atoms with Gasteiger partial charge in [0.05, 0.1) is 0 Å². The van der Waals surface area contributed by atoms with E-state index in [-0.39, 0.29) is 24.8 Å². The zero-order chi connectivity index (χ0) is 19.4. The number of fused-ring (bicyclic) bond motifs is 1. The Balaban J connectivity index is 1.61. The minimum atomic E-state index is -0.633. The third-order valence-electron chi connectivity index (χ3n) is 4.76. The highest BCUT2D eigenvalue weighted by Crippen LogP contribution is 2.28. The molecule has 0 radical (unpaired) electrons. The van der Waals surface area contributed by atoms with Crippen molar-refractivity contribution in [3.63, 3.8) is 0 Å². The lowest BCUT2D eigenvalue weighted by molar-refractivity contribution is -0.136. The summed E-state index contributed by atoms with van der Waals surface area (Å²) in [5, 5.41) is 4.95. The molecule has 3 rings (SSSR count). The molecule has 1 aromatic carbocycles. The summed E-state index contributed by atoms with van der Waals surface area (Å²) in [7, 11) is 0. The van der Waals surface area contributed by atoms with Crippen LogP contribution in [0.3, 0.4) is 0 Å². The van der Waals surface area contributed by atoms with Crippen molar-refractivity contribution in [2.24, 2.45) is 0 Å². The van der Waals surface area contributed by atoms with E-state index in [4.69, 9.17) is 4.74 Å². The second kappa shape index (κ2) is 8.20. The van der Waals surface area contributed by atoms with E-state index < -0.39 is 18.0 Å². The lowest BCUT2D eigenvalue weighted by atomic mass is 10.0. The molecule has 0 bridgehead atoms. The van der Waals surface area contributed by atoms with Gasteiger partial charge in [0.15, 0.2) is 0 Å². The average Bonchev–Trinajstić information content (AvgIpc) is 2.96. The Hall–Kier alpha value is -2.90. The average molecular weight is 373 g/mol. The van der Waals surface area contributed by atoms with Gasteiger partial charge in [0.2, 0.25) is 11.8 Å². The smallest absolute Gasteiger partial charge is 0.407 e. The number of rotatable bonds is 6. The molecule has 2 aliphatic heterocycles. The number of hydrogen-bond acceptors (Lipinski definition) is 5. The van der Waals surface area contributed by atoms with Gasteiger partial charge in [-0.15, -0.1) is 0 Å². The Morgan fingerprint density at radius 1 is 1.33 bits per heavy atom. The summed E-state index contributed by atoms with van der Waals surface area (Å²) in [5.74, 6) is -0.981. The van der Waals surface area contributed by atoms with Crippen LogP contribution in [0.5, 0.6) is 0 Å². The Kier molecular flexibility index (Phi) is 5.73. The largest absolute Gasteiger partial charge is 0.445 e. The number of nitrogens with zero attached hydrogens (tertiary/aromatic N) is 1. The molecule has 8 nitrogen and oxygen atoms in total. The summed E-state index contributed by atoms with van der Waals surface area (Å²) in [6.45, 7) is 3.00. The number of amides is 4. The second-order valence-electron chi connectivity index (χ2n) is 6.75. The van der Waals surface area contributed by atoms with Crippen molar-refractivity contribution in [1.29, 1.82) is 0 Å². The van der Waals surface area contributed by atoms with E-state index in [9.17, 15) is 19.2 Å². The molecule has 1 fully saturated rings. The second-order valence-corrected chi connectivity index (χ2v) is 6.75. The SMILES string of the molecule is CCCCNC(=O)OCc1ccc2c(c1)C(=O)N(C1CCC(=O)NC1=O)C2. The molecule has 2 heterocycles. The predicted octanol–water partition coefficient (Wildman–Crippen LogP) is 1.47. The fourth-order valence-electron chi connectivity index (χ4n) is 3.26. The zero-order valence-corrected chi connectivity index (χ0v) is 15.2. The Bertz CT molecular complexity index is 777. The number of carbonyl (C=O) groups is 4. The van der Waals surface area contributed by atoms with Crippen LogP contribution in [-0.2, 0) is 27.5 Å². The van der Waals surface area contributed by atoms with Crippen molar-refractivity contribution in [2.45, 2.75) is 51.8 Å². The Morgan fingerprint density at radius 3 is 2.89 bits per heavy atom. The normalized spacial score (nSPS) is 18.9. The van der Waals surface area contributed by atoms with E-state index >= 15 is 0 Å². The number of piperidine rings is 1. The molecule has 8 heteroatoms. The topological polar surface area (TPSA) is 105 Å². The summed E-state index contributed by atoms with van der Waals surface area (Å²) in [5.41, 5.74) is 2.03. The minimum Gasteiger partial charge on any atom is -0.445 e. The Labute approximate surface area is 157 Å². The first-order chi connectivity index (χ1) is 13.0. The highest BCUT2D eigenvalue weighted by molar-refractivity contribution is 6.05. The van der Waals surface area contributed by atoms with Crippen molar-refractivity contribution in [3.05, 3.63) is 34.9 Å². The molecule has 0 spiro atoms. The molecule has 2 aliphatic rings. The molecular formula is C19H23N3O5. The third kappa shape index (κ3) is 4.27. The molecular weight excluding hydrogens is 350 g/mol. The van der Waals surface area contributed by atoms with E-state index in [2.05, 4.69) is 10.6 Å². The lowest BCUT2D eigenvalue weighted by Crippen LogP contribution is -2.52. The van der Waals surface area contributed by atoms with Crippen LogP contribution in [0.4, 0.5) is 4.79 Å². The monoisotopic (exact) mass is 373 g/mol. The number of alkyl carbamates (subject to hydrolysis) is 1. The molecule has 0 aromatic heterocycles. The third-order valence-corrected chi connectivity index (χ3v) is 4.76. The van der Waals surface area contributed by atoms with Crippen molar-refractivity contribution in [3.8, 4) is 0 Å². The van der Waals surface area contributed by atoms with E-state index in [1.165, 1.54) is 4.90 Å². The number of ether oxygens (including phenoxy) is 1. The van der Waals surface area contributed by atoms with E-state index in [1.807, 2.05) is 13.0 Å². The van der Waals surface area contributed by atoms with Crippen molar-refractivity contribution in [2.75, 3.05) is 6.54 Å². The van der Waals surface area contributed by atoms with Crippen LogP contribution in [-0.4, -0.2) is 41.3 Å². The molecule has 4 amide bonds. The molecule has 144 valence electrons. The summed E-state index contributed by atoms with van der Waals surface area (Å²) in [6, 6.07) is 4.68. The predicted molar refractivity (Wildman–Crippen MR) is 95.6 cm³/mol. The summed E-state index contributed by atoms with van der Waals surface area (Å²) >= 11 is 0. The molecule has 0 saturated carbocycles. The fraction of sp³-hybridized carbons (Fsp3) is 0.474. The molecule has 27 heavy (non-hydrogen) atoms. The number of carbonyl (C=O) groups excluding carboxylic acids is 4. The highest BCUT2D eigenvalue weighted by atomic mass is 16.5. The number of hydrogen-bond donors (Lipinski definition) is 2. The highest BCUT2D eigenvalue weighted by Gasteiger charge is 2.39. The molecule has 1 atom stereocenters. The maximum atomic E-state index is 12.7. The van der Waals surface area contributed by atoms with Gasteiger partial charge in [0.1, 0.15) is 12.6 Å². The van der Waals surface area contributed by atoms with Gasteiger partial charge in [-0.25, -0.2) is 4.79 Å². The van der Waals surface area contributed by atoms with Gasteiger partial charge in [-0.05, 0) is 30.0 Å². The van der Waals surface area contributed by atoms with Crippen LogP contribution < -0.4 is 10.6 Å². The summed E-state index contributed by atoms with van der Waals surface area (Å²) < 4.78 is 5.17. The summed E-state index contributed by atoms with van der Waals surface area (Å²) in [4.78, 5) is 49.2. The molecule has 1 saturated heterocycles. The summed E-state index contributed by atoms with van der Waals surface area (Å²) in [6.07, 6.45) is 1.94. The van der Waals surface area contributed by atoms with Gasteiger partial charge < -0.3 is 15.0 Å². The van der Waals surface area contributed by atoms with Crippen molar-refractivity contribution in [1.82, 2.24) is 15.5 Å². The number of unbranched alkanes of at least 4 members (excludes halogenated alkanes) is 1. The van der Waals surface area contributed by atoms with Gasteiger partial charge in [0, 0.05) is 25.1 Å². The van der Waals surface area contributed by atoms with E-state index in [1.54, 1.807) is 12.1 Å². The maximum absolute atomic E-state index is 12.7. The first-order valence-corrected chi connectivity index (χ1v) is 9.16. The van der Waals surface area contributed by atoms with E-state index in [0.717, 1.165) is 18.4 Å². The fourth-order valence-corrected chi connectivity index (χ4v) is 3.26. The number of benzene rings is 1. The van der Waals surface area contributed by atoms with Gasteiger partial charge in [0.25, 0.3) is 5.91 Å². The van der Waals surface area contributed by atoms with Gasteiger partial charge in [-0.2, -0.15) is 0 Å². The zero-order valence-electron chi connectivity index (χ0n) is 15.2. The van der Waals surface area contributed by atoms with Gasteiger partial charge in [-0.1, -0.05) is 25.5 Å². The Morgan fingerprint density at radius 2 is 2.15 bits per heavy atom. The molecule has 2 N–H and O–H groups in total. The quantitative estimate of drug-likeness (QED) is 0.580. The molecule has 1 unspecified atom stereocenters. The molecule has 0 aliphatic carbocycles. The minimum absolute atomic E-state index is 0.0664. The number of imide groups is 1. The first-order valence-electron chi connectivity index (χ1n) is 9.16. The maximum Gasteiger partial charge on any atom is 0.407 e. The van der Waals surface area contributed by atoms with Crippen LogP contribution in [0.1, 0.15) is 54.1 Å². The molecule has 1 aromatic rings. The first kappa shape index (κ1) is 18.9. The van der Waals surface area contributed by atoms with Crippen LogP contribution in [0, 0.1) is 0 Å². The van der Waals surface area contributed by atoms with Gasteiger partial charge in [-0.3, -0.25) is 19.7 Å². The number of nitrogens with one attached hydrogen (secondary N) is 2. The van der Waals surface area contributed by atoms with Crippen LogP contribution in [0.2, 0.25) is 0 Å². The van der Waals surface area contributed by atoms with E-state index in [0.29, 0.717) is 30.6 Å². The lowest BCUT2D eigenvalue weighted by Gasteiger charge is -2.29. The standard InChI is InChI=1S/C19H23N3O5/c1-2-3-8-20-19(26)27-11-12-4-5-13-10-22(18(25)14(13)9-12)15-6-7-16(23)21-17(15)24/h4-5,9,15H,2-3,6-8,10-11H2,1H3,(H,20,26)(H,21,23,24). The van der Waals surface area contributed by atoms with Crippen molar-refractivity contribution >= 4 is 23.8 Å².